The van der Waals surface area contributed by atoms with Crippen LogP contribution in [0.25, 0.3) is 17.0 Å². The Labute approximate surface area is 90.9 Å². The molecule has 3 nitrogen and oxygen atoms in total. The molecule has 0 atom stereocenters. The third kappa shape index (κ3) is 1.91. The first-order valence-electron chi connectivity index (χ1n) is 4.63. The van der Waals surface area contributed by atoms with Crippen LogP contribution >= 0.6 is 0 Å². The Bertz CT molecular complexity index is 573. The number of fused-ring (bicyclic) bond motifs is 1. The number of hydrogen-bond acceptors (Lipinski definition) is 2. The number of carboxylic acid groups (broad SMARTS) is 1. The number of hydrogen-bond donors (Lipinski definition) is 1. The summed E-state index contributed by atoms with van der Waals surface area (Å²) in [6, 6.07) is 8.78. The second kappa shape index (κ2) is 4.10. The van der Waals surface area contributed by atoms with Crippen LogP contribution in [-0.2, 0) is 4.79 Å². The van der Waals surface area contributed by atoms with E-state index in [9.17, 15) is 9.18 Å². The normalized spacial score (nSPS) is 11.7. The van der Waals surface area contributed by atoms with Crippen LogP contribution in [0.1, 0.15) is 5.56 Å². The molecule has 0 saturated carbocycles. The Kier molecular flexibility index (Phi) is 2.64. The van der Waals surface area contributed by atoms with Gasteiger partial charge in [-0.15, -0.1) is 0 Å². The minimum absolute atomic E-state index is 0.456. The van der Waals surface area contributed by atoms with E-state index >= 15 is 0 Å². The number of carbonyl (C=O) groups is 1. The average molecular weight is 217 g/mol. The van der Waals surface area contributed by atoms with Crippen molar-refractivity contribution >= 4 is 22.9 Å². The summed E-state index contributed by atoms with van der Waals surface area (Å²) < 4.78 is 13.0. The number of aromatic nitrogens is 1. The predicted octanol–water partition coefficient (Wildman–Crippen LogP) is 2.63. The standard InChI is InChI=1S/C12H8FNO2/c13-10(12(15)16)7-9-4-1-3-8-5-2-6-14-11(8)9/h1-7H,(H,15,16). The van der Waals surface area contributed by atoms with Crippen molar-refractivity contribution in [3.8, 4) is 0 Å². The summed E-state index contributed by atoms with van der Waals surface area (Å²) in [4.78, 5) is 14.5. The van der Waals surface area contributed by atoms with E-state index in [0.29, 0.717) is 11.1 Å². The summed E-state index contributed by atoms with van der Waals surface area (Å²) in [6.07, 6.45) is 2.55. The lowest BCUT2D eigenvalue weighted by atomic mass is 10.1. The second-order valence-corrected chi connectivity index (χ2v) is 3.22. The molecular formula is C12H8FNO2. The van der Waals surface area contributed by atoms with Crippen LogP contribution in [0.15, 0.2) is 42.4 Å². The van der Waals surface area contributed by atoms with Gasteiger partial charge in [0.15, 0.2) is 0 Å². The van der Waals surface area contributed by atoms with Crippen molar-refractivity contribution < 1.29 is 14.3 Å². The van der Waals surface area contributed by atoms with Crippen LogP contribution in [0, 0.1) is 0 Å². The molecule has 0 aliphatic heterocycles. The molecule has 0 bridgehead atoms. The first-order valence-corrected chi connectivity index (χ1v) is 4.63. The summed E-state index contributed by atoms with van der Waals surface area (Å²) >= 11 is 0. The molecule has 80 valence electrons. The van der Waals surface area contributed by atoms with Gasteiger partial charge in [-0.2, -0.15) is 4.39 Å². The van der Waals surface area contributed by atoms with E-state index in [0.717, 1.165) is 11.5 Å². The minimum Gasteiger partial charge on any atom is -0.476 e. The van der Waals surface area contributed by atoms with Gasteiger partial charge in [0, 0.05) is 17.1 Å². The number of para-hydroxylation sites is 1. The van der Waals surface area contributed by atoms with Crippen molar-refractivity contribution in [1.29, 1.82) is 0 Å². The minimum atomic E-state index is -1.58. The summed E-state index contributed by atoms with van der Waals surface area (Å²) in [6.45, 7) is 0. The lowest BCUT2D eigenvalue weighted by Crippen LogP contribution is -1.94. The van der Waals surface area contributed by atoms with Gasteiger partial charge in [0.2, 0.25) is 5.83 Å². The molecule has 0 aliphatic carbocycles. The van der Waals surface area contributed by atoms with Gasteiger partial charge < -0.3 is 5.11 Å². The van der Waals surface area contributed by atoms with E-state index in [1.54, 1.807) is 24.4 Å². The Balaban J connectivity index is 2.61. The molecule has 0 radical (unpaired) electrons. The van der Waals surface area contributed by atoms with Crippen LogP contribution in [0.2, 0.25) is 0 Å². The van der Waals surface area contributed by atoms with Crippen LogP contribution in [-0.4, -0.2) is 16.1 Å². The average Bonchev–Trinajstić information content (AvgIpc) is 2.29. The van der Waals surface area contributed by atoms with Gasteiger partial charge in [-0.3, -0.25) is 4.98 Å². The van der Waals surface area contributed by atoms with Crippen LogP contribution < -0.4 is 0 Å². The molecule has 1 aromatic heterocycles. The second-order valence-electron chi connectivity index (χ2n) is 3.22. The van der Waals surface area contributed by atoms with Crippen molar-refractivity contribution in [2.75, 3.05) is 0 Å². The lowest BCUT2D eigenvalue weighted by molar-refractivity contribution is -0.134. The molecule has 1 heterocycles. The zero-order valence-electron chi connectivity index (χ0n) is 8.22. The fourth-order valence-electron chi connectivity index (χ4n) is 1.44. The number of aliphatic carboxylic acids is 1. The molecule has 16 heavy (non-hydrogen) atoms. The summed E-state index contributed by atoms with van der Waals surface area (Å²) in [7, 11) is 0. The predicted molar refractivity (Wildman–Crippen MR) is 58.5 cm³/mol. The highest BCUT2D eigenvalue weighted by Crippen LogP contribution is 2.18. The molecule has 0 amide bonds. The van der Waals surface area contributed by atoms with E-state index in [-0.39, 0.29) is 0 Å². The number of pyridine rings is 1. The molecule has 0 saturated heterocycles. The highest BCUT2D eigenvalue weighted by molar-refractivity contribution is 5.94. The monoisotopic (exact) mass is 217 g/mol. The molecule has 1 aromatic carbocycles. The largest absolute Gasteiger partial charge is 0.476 e. The number of halogens is 1. The van der Waals surface area contributed by atoms with Crippen molar-refractivity contribution in [1.82, 2.24) is 4.98 Å². The summed E-state index contributed by atoms with van der Waals surface area (Å²) in [5.74, 6) is -2.77. The Morgan fingerprint density at radius 1 is 1.31 bits per heavy atom. The number of benzene rings is 1. The molecule has 2 aromatic rings. The highest BCUT2D eigenvalue weighted by Gasteiger charge is 2.07. The number of carboxylic acids is 1. The van der Waals surface area contributed by atoms with E-state index in [4.69, 9.17) is 5.11 Å². The van der Waals surface area contributed by atoms with E-state index in [2.05, 4.69) is 4.98 Å². The molecule has 2 rings (SSSR count). The molecule has 4 heteroatoms. The quantitative estimate of drug-likeness (QED) is 0.786. The van der Waals surface area contributed by atoms with E-state index in [1.165, 1.54) is 0 Å². The van der Waals surface area contributed by atoms with Crippen LogP contribution in [0.5, 0.6) is 0 Å². The Hall–Kier alpha value is -2.23. The summed E-state index contributed by atoms with van der Waals surface area (Å²) in [5, 5.41) is 9.29. The lowest BCUT2D eigenvalue weighted by Gasteiger charge is -2.00. The van der Waals surface area contributed by atoms with Gasteiger partial charge in [0.05, 0.1) is 5.52 Å². The Morgan fingerprint density at radius 2 is 2.06 bits per heavy atom. The van der Waals surface area contributed by atoms with Gasteiger partial charge in [-0.05, 0) is 12.1 Å². The molecule has 0 spiro atoms. The fraction of sp³-hybridized carbons (Fsp3) is 0. The maximum absolute atomic E-state index is 13.0. The van der Waals surface area contributed by atoms with Gasteiger partial charge in [-0.1, -0.05) is 24.3 Å². The van der Waals surface area contributed by atoms with Crippen molar-refractivity contribution in [2.45, 2.75) is 0 Å². The van der Waals surface area contributed by atoms with Gasteiger partial charge >= 0.3 is 5.97 Å². The smallest absolute Gasteiger partial charge is 0.364 e. The Morgan fingerprint density at radius 3 is 2.81 bits per heavy atom. The van der Waals surface area contributed by atoms with Crippen molar-refractivity contribution in [2.24, 2.45) is 0 Å². The molecule has 1 N–H and O–H groups in total. The molecular weight excluding hydrogens is 209 g/mol. The maximum atomic E-state index is 13.0. The van der Waals surface area contributed by atoms with Crippen LogP contribution in [0.3, 0.4) is 0 Å². The fourth-order valence-corrected chi connectivity index (χ4v) is 1.44. The maximum Gasteiger partial charge on any atom is 0.364 e. The SMILES string of the molecule is O=C(O)C(F)=Cc1cccc2cccnc12. The van der Waals surface area contributed by atoms with Crippen molar-refractivity contribution in [3.63, 3.8) is 0 Å². The molecule has 0 fully saturated rings. The van der Waals surface area contributed by atoms with Gasteiger partial charge in [0.25, 0.3) is 0 Å². The highest BCUT2D eigenvalue weighted by atomic mass is 19.1. The number of nitrogens with zero attached hydrogens (tertiary/aromatic N) is 1. The van der Waals surface area contributed by atoms with Gasteiger partial charge in [0.1, 0.15) is 0 Å². The zero-order chi connectivity index (χ0) is 11.5. The van der Waals surface area contributed by atoms with Crippen LogP contribution in [0.4, 0.5) is 4.39 Å². The van der Waals surface area contributed by atoms with Crippen molar-refractivity contribution in [3.05, 3.63) is 47.9 Å². The number of rotatable bonds is 2. The van der Waals surface area contributed by atoms with E-state index < -0.39 is 11.8 Å². The first-order chi connectivity index (χ1) is 7.68. The third-order valence-electron chi connectivity index (χ3n) is 2.15. The third-order valence-corrected chi connectivity index (χ3v) is 2.15. The van der Waals surface area contributed by atoms with E-state index in [1.807, 2.05) is 12.1 Å². The van der Waals surface area contributed by atoms with Gasteiger partial charge in [-0.25, -0.2) is 4.79 Å². The first kappa shape index (κ1) is 10.3. The molecule has 0 aliphatic rings. The summed E-state index contributed by atoms with van der Waals surface area (Å²) in [5.41, 5.74) is 1.04. The molecule has 0 unspecified atom stereocenters. The zero-order valence-corrected chi connectivity index (χ0v) is 8.22. The topological polar surface area (TPSA) is 50.2 Å².